The number of esters is 1. The van der Waals surface area contributed by atoms with Gasteiger partial charge in [-0.3, -0.25) is 9.59 Å². The maximum Gasteiger partial charge on any atom is 0.309 e. The highest BCUT2D eigenvalue weighted by atomic mass is 19.1. The van der Waals surface area contributed by atoms with E-state index in [1.54, 1.807) is 4.90 Å². The SMILES string of the molecule is COC(=O)C1CC12CCN(C(=O)c1cc(Oc3ccc(CCN)cc3)ccc1F)CC2. The maximum atomic E-state index is 14.5. The summed E-state index contributed by atoms with van der Waals surface area (Å²) in [4.78, 5) is 26.4. The van der Waals surface area contributed by atoms with Crippen molar-refractivity contribution in [3.05, 3.63) is 59.4 Å². The van der Waals surface area contributed by atoms with E-state index in [9.17, 15) is 14.0 Å². The lowest BCUT2D eigenvalue weighted by molar-refractivity contribution is -0.143. The third-order valence-electron chi connectivity index (χ3n) is 6.48. The number of hydrogen-bond acceptors (Lipinski definition) is 5. The zero-order valence-corrected chi connectivity index (χ0v) is 17.6. The van der Waals surface area contributed by atoms with E-state index >= 15 is 0 Å². The third kappa shape index (κ3) is 4.42. The molecule has 1 saturated carbocycles. The van der Waals surface area contributed by atoms with Crippen molar-refractivity contribution in [2.24, 2.45) is 17.1 Å². The van der Waals surface area contributed by atoms with E-state index in [1.165, 1.54) is 25.3 Å². The first-order chi connectivity index (χ1) is 15.0. The summed E-state index contributed by atoms with van der Waals surface area (Å²) in [7, 11) is 1.40. The van der Waals surface area contributed by atoms with Crippen LogP contribution in [0, 0.1) is 17.2 Å². The summed E-state index contributed by atoms with van der Waals surface area (Å²) in [6.07, 6.45) is 3.05. The fraction of sp³-hybridized carbons (Fsp3) is 0.417. The fourth-order valence-electron chi connectivity index (χ4n) is 4.46. The number of ether oxygens (including phenoxy) is 2. The number of hydrogen-bond donors (Lipinski definition) is 1. The summed E-state index contributed by atoms with van der Waals surface area (Å²) in [6, 6.07) is 11.7. The molecule has 31 heavy (non-hydrogen) atoms. The Balaban J connectivity index is 1.41. The van der Waals surface area contributed by atoms with Crippen LogP contribution < -0.4 is 10.5 Å². The Morgan fingerprint density at radius 1 is 1.13 bits per heavy atom. The number of amides is 1. The van der Waals surface area contributed by atoms with Gasteiger partial charge in [0.1, 0.15) is 17.3 Å². The molecule has 2 aliphatic rings. The minimum Gasteiger partial charge on any atom is -0.469 e. The monoisotopic (exact) mass is 426 g/mol. The van der Waals surface area contributed by atoms with E-state index in [-0.39, 0.29) is 28.8 Å². The smallest absolute Gasteiger partial charge is 0.309 e. The zero-order chi connectivity index (χ0) is 22.0. The molecule has 4 rings (SSSR count). The predicted octanol–water partition coefficient (Wildman–Crippen LogP) is 3.53. The maximum absolute atomic E-state index is 14.5. The molecule has 2 aromatic rings. The molecule has 2 aromatic carbocycles. The second kappa shape index (κ2) is 8.67. The molecule has 2 N–H and O–H groups in total. The number of carbonyl (C=O) groups is 2. The Labute approximate surface area is 181 Å². The molecular formula is C24H27FN2O4. The largest absolute Gasteiger partial charge is 0.469 e. The summed E-state index contributed by atoms with van der Waals surface area (Å²) in [5.41, 5.74) is 6.62. The summed E-state index contributed by atoms with van der Waals surface area (Å²) in [5, 5.41) is 0. The Morgan fingerprint density at radius 2 is 1.81 bits per heavy atom. The minimum absolute atomic E-state index is 0.00600. The molecule has 1 aliphatic heterocycles. The van der Waals surface area contributed by atoms with E-state index < -0.39 is 5.82 Å². The average Bonchev–Trinajstić information content (AvgIpc) is 3.49. The van der Waals surface area contributed by atoms with Gasteiger partial charge in [-0.1, -0.05) is 12.1 Å². The van der Waals surface area contributed by atoms with Crippen molar-refractivity contribution in [3.63, 3.8) is 0 Å². The zero-order valence-electron chi connectivity index (χ0n) is 17.6. The van der Waals surface area contributed by atoms with Gasteiger partial charge in [0, 0.05) is 13.1 Å². The molecule has 1 unspecified atom stereocenters. The number of benzene rings is 2. The Bertz CT molecular complexity index is 968. The molecule has 7 heteroatoms. The second-order valence-corrected chi connectivity index (χ2v) is 8.36. The van der Waals surface area contributed by atoms with Gasteiger partial charge in [0.25, 0.3) is 5.91 Å². The van der Waals surface area contributed by atoms with Crippen LogP contribution in [-0.2, 0) is 16.0 Å². The van der Waals surface area contributed by atoms with Crippen molar-refractivity contribution in [2.45, 2.75) is 25.7 Å². The summed E-state index contributed by atoms with van der Waals surface area (Å²) in [5.74, 6) is -0.168. The van der Waals surface area contributed by atoms with Crippen LogP contribution in [0.4, 0.5) is 4.39 Å². The highest BCUT2D eigenvalue weighted by Crippen LogP contribution is 2.59. The van der Waals surface area contributed by atoms with E-state index in [4.69, 9.17) is 15.2 Å². The van der Waals surface area contributed by atoms with Gasteiger partial charge in [0.2, 0.25) is 0 Å². The van der Waals surface area contributed by atoms with Gasteiger partial charge in [-0.2, -0.15) is 0 Å². The Morgan fingerprint density at radius 3 is 2.45 bits per heavy atom. The van der Waals surface area contributed by atoms with Crippen molar-refractivity contribution < 1.29 is 23.5 Å². The van der Waals surface area contributed by atoms with Crippen molar-refractivity contribution in [3.8, 4) is 11.5 Å². The Kier molecular flexibility index (Phi) is 5.96. The average molecular weight is 426 g/mol. The molecule has 1 amide bonds. The van der Waals surface area contributed by atoms with Crippen molar-refractivity contribution in [1.82, 2.24) is 4.90 Å². The number of piperidine rings is 1. The molecule has 0 bridgehead atoms. The number of carbonyl (C=O) groups excluding carboxylic acids is 2. The predicted molar refractivity (Wildman–Crippen MR) is 113 cm³/mol. The first-order valence-electron chi connectivity index (χ1n) is 10.6. The second-order valence-electron chi connectivity index (χ2n) is 8.36. The number of halogens is 1. The summed E-state index contributed by atoms with van der Waals surface area (Å²) in [6.45, 7) is 1.57. The molecule has 1 atom stereocenters. The number of likely N-dealkylation sites (tertiary alicyclic amines) is 1. The molecule has 2 fully saturated rings. The first kappa shape index (κ1) is 21.3. The van der Waals surface area contributed by atoms with Crippen LogP contribution in [0.15, 0.2) is 42.5 Å². The fourth-order valence-corrected chi connectivity index (χ4v) is 4.46. The summed E-state index contributed by atoms with van der Waals surface area (Å²) < 4.78 is 25.1. The van der Waals surface area contributed by atoms with Gasteiger partial charge >= 0.3 is 5.97 Å². The number of rotatable bonds is 6. The summed E-state index contributed by atoms with van der Waals surface area (Å²) >= 11 is 0. The van der Waals surface area contributed by atoms with Crippen LogP contribution in [0.2, 0.25) is 0 Å². The van der Waals surface area contributed by atoms with Gasteiger partial charge in [0.15, 0.2) is 0 Å². The third-order valence-corrected chi connectivity index (χ3v) is 6.48. The first-order valence-corrected chi connectivity index (χ1v) is 10.6. The highest BCUT2D eigenvalue weighted by molar-refractivity contribution is 5.95. The standard InChI is InChI=1S/C24H27FN2O4/c1-30-23(29)20-15-24(20)9-12-27(13-10-24)22(28)19-14-18(6-7-21(19)25)31-17-4-2-16(3-5-17)8-11-26/h2-7,14,20H,8-13,15,26H2,1H3. The lowest BCUT2D eigenvalue weighted by Gasteiger charge is -2.32. The van der Waals surface area contributed by atoms with E-state index in [0.29, 0.717) is 31.1 Å². The van der Waals surface area contributed by atoms with E-state index in [1.807, 2.05) is 24.3 Å². The van der Waals surface area contributed by atoms with Gasteiger partial charge < -0.3 is 20.1 Å². The minimum atomic E-state index is -0.574. The van der Waals surface area contributed by atoms with Gasteiger partial charge in [-0.25, -0.2) is 4.39 Å². The molecule has 164 valence electrons. The molecule has 1 spiro atoms. The van der Waals surface area contributed by atoms with Gasteiger partial charge in [-0.15, -0.1) is 0 Å². The molecule has 1 aliphatic carbocycles. The molecule has 1 heterocycles. The lowest BCUT2D eigenvalue weighted by Crippen LogP contribution is -2.40. The molecule has 6 nitrogen and oxygen atoms in total. The van der Waals surface area contributed by atoms with E-state index in [2.05, 4.69) is 0 Å². The number of nitrogens with zero attached hydrogens (tertiary/aromatic N) is 1. The van der Waals surface area contributed by atoms with Crippen molar-refractivity contribution in [1.29, 1.82) is 0 Å². The van der Waals surface area contributed by atoms with Crippen LogP contribution in [0.5, 0.6) is 11.5 Å². The van der Waals surface area contributed by atoms with Gasteiger partial charge in [0.05, 0.1) is 18.6 Å². The van der Waals surface area contributed by atoms with Crippen molar-refractivity contribution >= 4 is 11.9 Å². The Hall–Kier alpha value is -2.93. The van der Waals surface area contributed by atoms with Crippen LogP contribution >= 0.6 is 0 Å². The normalized spacial score (nSPS) is 19.2. The molecule has 0 radical (unpaired) electrons. The van der Waals surface area contributed by atoms with Crippen LogP contribution in [0.3, 0.4) is 0 Å². The van der Waals surface area contributed by atoms with Gasteiger partial charge in [-0.05, 0) is 73.5 Å². The molecular weight excluding hydrogens is 399 g/mol. The molecule has 1 saturated heterocycles. The van der Waals surface area contributed by atoms with Crippen LogP contribution in [0.1, 0.15) is 35.2 Å². The highest BCUT2D eigenvalue weighted by Gasteiger charge is 2.59. The van der Waals surface area contributed by atoms with Crippen LogP contribution in [-0.4, -0.2) is 43.5 Å². The van der Waals surface area contributed by atoms with E-state index in [0.717, 1.165) is 31.2 Å². The molecule has 0 aromatic heterocycles. The lowest BCUT2D eigenvalue weighted by atomic mass is 9.90. The number of nitrogens with two attached hydrogens (primary N) is 1. The quantitative estimate of drug-likeness (QED) is 0.715. The topological polar surface area (TPSA) is 81.9 Å². The number of methoxy groups -OCH3 is 1. The van der Waals surface area contributed by atoms with Crippen LogP contribution in [0.25, 0.3) is 0 Å². The van der Waals surface area contributed by atoms with Crippen molar-refractivity contribution in [2.75, 3.05) is 26.7 Å².